The van der Waals surface area contributed by atoms with Gasteiger partial charge in [-0.1, -0.05) is 18.2 Å². The van der Waals surface area contributed by atoms with Crippen LogP contribution in [0, 0.1) is 5.92 Å². The Kier molecular flexibility index (Phi) is 3.01. The third-order valence-corrected chi connectivity index (χ3v) is 5.40. The molecule has 0 saturated carbocycles. The fraction of sp³-hybridized carbons (Fsp3) is 0.529. The monoisotopic (exact) mass is 303 g/mol. The van der Waals surface area contributed by atoms with E-state index in [1.54, 1.807) is 7.11 Å². The van der Waals surface area contributed by atoms with Gasteiger partial charge in [0.05, 0.1) is 13.2 Å². The predicted molar refractivity (Wildman–Crippen MR) is 80.9 cm³/mol. The van der Waals surface area contributed by atoms with Crippen LogP contribution in [0.4, 0.5) is 0 Å². The van der Waals surface area contributed by atoms with Crippen LogP contribution in [0.1, 0.15) is 24.0 Å². The first-order valence-electron chi connectivity index (χ1n) is 7.73. The Labute approximate surface area is 129 Å². The molecule has 1 heterocycles. The van der Waals surface area contributed by atoms with Crippen LogP contribution in [0.3, 0.4) is 0 Å². The average Bonchev–Trinajstić information content (AvgIpc) is 2.48. The summed E-state index contributed by atoms with van der Waals surface area (Å²) in [4.78, 5) is 0. The number of hydrogen-bond donors (Lipinski definition) is 3. The molecule has 5 heteroatoms. The van der Waals surface area contributed by atoms with Gasteiger partial charge in [-0.05, 0) is 30.4 Å². The van der Waals surface area contributed by atoms with E-state index in [-0.39, 0.29) is 17.4 Å². The summed E-state index contributed by atoms with van der Waals surface area (Å²) in [5, 5.41) is 20.3. The summed E-state index contributed by atoms with van der Waals surface area (Å²) < 4.78 is 11.1. The second-order valence-corrected chi connectivity index (χ2v) is 6.58. The van der Waals surface area contributed by atoms with Crippen molar-refractivity contribution in [1.82, 2.24) is 0 Å². The molecule has 4 rings (SSSR count). The molecule has 5 atom stereocenters. The van der Waals surface area contributed by atoms with Gasteiger partial charge in [0.1, 0.15) is 0 Å². The Hall–Kier alpha value is -1.56. The summed E-state index contributed by atoms with van der Waals surface area (Å²) in [7, 11) is 1.60. The van der Waals surface area contributed by atoms with Crippen molar-refractivity contribution in [3.63, 3.8) is 0 Å². The molecular formula is C17H21NO4. The van der Waals surface area contributed by atoms with Crippen LogP contribution in [0.25, 0.3) is 0 Å². The Morgan fingerprint density at radius 2 is 2.18 bits per heavy atom. The van der Waals surface area contributed by atoms with Gasteiger partial charge in [0.15, 0.2) is 17.8 Å². The fourth-order valence-corrected chi connectivity index (χ4v) is 4.53. The minimum absolute atomic E-state index is 0.0429. The van der Waals surface area contributed by atoms with E-state index in [1.165, 1.54) is 0 Å². The molecule has 3 aliphatic rings. The molecule has 0 fully saturated rings. The fourth-order valence-electron chi connectivity index (χ4n) is 4.53. The summed E-state index contributed by atoms with van der Waals surface area (Å²) in [5.41, 5.74) is 8.26. The smallest absolute Gasteiger partial charge is 0.198 e. The summed E-state index contributed by atoms with van der Waals surface area (Å²) in [5.74, 6) is 1.34. The zero-order valence-corrected chi connectivity index (χ0v) is 12.5. The van der Waals surface area contributed by atoms with Gasteiger partial charge in [-0.25, -0.2) is 0 Å². The summed E-state index contributed by atoms with van der Waals surface area (Å²) in [6.07, 6.45) is 4.29. The van der Waals surface area contributed by atoms with Crippen LogP contribution in [-0.4, -0.2) is 35.8 Å². The summed E-state index contributed by atoms with van der Waals surface area (Å²) >= 11 is 0. The Balaban J connectivity index is 2.00. The number of rotatable bonds is 1. The van der Waals surface area contributed by atoms with Gasteiger partial charge in [-0.3, -0.25) is 0 Å². The first-order valence-corrected chi connectivity index (χ1v) is 7.73. The van der Waals surface area contributed by atoms with Gasteiger partial charge in [0.2, 0.25) is 0 Å². The summed E-state index contributed by atoms with van der Waals surface area (Å²) in [6.45, 7) is 0. The van der Waals surface area contributed by atoms with Gasteiger partial charge in [0.25, 0.3) is 0 Å². The first kappa shape index (κ1) is 14.1. The molecule has 0 amide bonds. The Bertz CT molecular complexity index is 644. The minimum atomic E-state index is -0.899. The third kappa shape index (κ3) is 1.76. The predicted octanol–water partition coefficient (Wildman–Crippen LogP) is 0.854. The quantitative estimate of drug-likeness (QED) is 0.670. The number of aliphatic hydroxyl groups excluding tert-OH is 2. The summed E-state index contributed by atoms with van der Waals surface area (Å²) in [6, 6.07) is 3.86. The van der Waals surface area contributed by atoms with E-state index in [4.69, 9.17) is 15.2 Å². The van der Waals surface area contributed by atoms with Crippen molar-refractivity contribution in [2.24, 2.45) is 11.7 Å². The molecule has 0 aromatic heterocycles. The van der Waals surface area contributed by atoms with Gasteiger partial charge < -0.3 is 25.4 Å². The highest BCUT2D eigenvalue weighted by Crippen LogP contribution is 2.57. The molecule has 4 N–H and O–H groups in total. The average molecular weight is 303 g/mol. The molecule has 1 spiro atoms. The number of methoxy groups -OCH3 is 1. The van der Waals surface area contributed by atoms with Crippen molar-refractivity contribution in [3.8, 4) is 11.5 Å². The molecule has 0 saturated heterocycles. The first-order chi connectivity index (χ1) is 10.5. The van der Waals surface area contributed by atoms with E-state index in [0.29, 0.717) is 24.3 Å². The minimum Gasteiger partial charge on any atom is -0.493 e. The van der Waals surface area contributed by atoms with E-state index in [2.05, 4.69) is 0 Å². The highest BCUT2D eigenvalue weighted by Gasteiger charge is 2.53. The van der Waals surface area contributed by atoms with E-state index in [9.17, 15) is 10.2 Å². The second-order valence-electron chi connectivity index (χ2n) is 6.58. The second kappa shape index (κ2) is 4.72. The van der Waals surface area contributed by atoms with Crippen LogP contribution in [0.5, 0.6) is 11.5 Å². The molecule has 1 aliphatic heterocycles. The maximum atomic E-state index is 10.3. The van der Waals surface area contributed by atoms with Crippen molar-refractivity contribution in [1.29, 1.82) is 0 Å². The largest absolute Gasteiger partial charge is 0.493 e. The van der Waals surface area contributed by atoms with Crippen molar-refractivity contribution in [3.05, 3.63) is 35.4 Å². The molecule has 1 unspecified atom stereocenters. The number of aliphatic hydroxyl groups is 2. The zero-order valence-electron chi connectivity index (χ0n) is 12.5. The normalized spacial score (nSPS) is 38.7. The van der Waals surface area contributed by atoms with Gasteiger partial charge in [-0.15, -0.1) is 0 Å². The Morgan fingerprint density at radius 3 is 2.95 bits per heavy atom. The van der Waals surface area contributed by atoms with Crippen molar-refractivity contribution >= 4 is 0 Å². The van der Waals surface area contributed by atoms with Crippen LogP contribution in [0.2, 0.25) is 0 Å². The third-order valence-electron chi connectivity index (χ3n) is 5.40. The number of benzene rings is 1. The lowest BCUT2D eigenvalue weighted by Gasteiger charge is -2.52. The van der Waals surface area contributed by atoms with Crippen molar-refractivity contribution in [2.45, 2.75) is 43.1 Å². The number of ether oxygens (including phenoxy) is 2. The van der Waals surface area contributed by atoms with E-state index in [1.807, 2.05) is 24.3 Å². The van der Waals surface area contributed by atoms with E-state index < -0.39 is 12.4 Å². The van der Waals surface area contributed by atoms with Gasteiger partial charge in [-0.2, -0.15) is 0 Å². The van der Waals surface area contributed by atoms with Crippen LogP contribution in [-0.2, 0) is 11.8 Å². The molecule has 5 nitrogen and oxygen atoms in total. The highest BCUT2D eigenvalue weighted by molar-refractivity contribution is 5.60. The van der Waals surface area contributed by atoms with Gasteiger partial charge >= 0.3 is 0 Å². The van der Waals surface area contributed by atoms with E-state index in [0.717, 1.165) is 17.5 Å². The molecular weight excluding hydrogens is 282 g/mol. The molecule has 2 aliphatic carbocycles. The molecule has 22 heavy (non-hydrogen) atoms. The van der Waals surface area contributed by atoms with E-state index >= 15 is 0 Å². The number of nitrogens with two attached hydrogens (primary N) is 1. The lowest BCUT2D eigenvalue weighted by molar-refractivity contribution is -0.0658. The standard InChI is InChI=1S/C17H21NO4/c1-21-13-3-2-9-6-12(18)11-7-10(19)4-5-17(11)8-14(20)22-16(13)15(9)17/h2-5,10-12,14,19-20H,6-8,18H2,1H3/t10-,11-,12+,14?,17+/m0/s1. The maximum Gasteiger partial charge on any atom is 0.198 e. The van der Waals surface area contributed by atoms with Gasteiger partial charge in [0, 0.05) is 23.4 Å². The molecule has 1 aromatic rings. The van der Waals surface area contributed by atoms with Crippen LogP contribution in [0.15, 0.2) is 24.3 Å². The number of hydrogen-bond acceptors (Lipinski definition) is 5. The van der Waals surface area contributed by atoms with Crippen LogP contribution < -0.4 is 15.2 Å². The lowest BCUT2D eigenvalue weighted by Crippen LogP contribution is -2.55. The zero-order chi connectivity index (χ0) is 15.5. The van der Waals surface area contributed by atoms with Crippen molar-refractivity contribution in [2.75, 3.05) is 7.11 Å². The number of allylic oxidation sites excluding steroid dienone is 1. The molecule has 118 valence electrons. The van der Waals surface area contributed by atoms with Crippen molar-refractivity contribution < 1.29 is 19.7 Å². The highest BCUT2D eigenvalue weighted by atomic mass is 16.6. The molecule has 1 aromatic carbocycles. The molecule has 0 bridgehead atoms. The lowest BCUT2D eigenvalue weighted by atomic mass is 9.55. The SMILES string of the molecule is COc1ccc2c3c1OC(O)C[C@@]31C=C[C@H](O)C[C@H]1[C@H](N)C2. The van der Waals surface area contributed by atoms with Crippen LogP contribution >= 0.6 is 0 Å². The molecule has 0 radical (unpaired) electrons. The maximum absolute atomic E-state index is 10.3. The Morgan fingerprint density at radius 1 is 1.36 bits per heavy atom. The topological polar surface area (TPSA) is 84.9 Å².